The number of pyridine rings is 2. The number of aromatic nitrogens is 4. The molecule has 1 aliphatic carbocycles. The van der Waals surface area contributed by atoms with Gasteiger partial charge in [0.25, 0.3) is 0 Å². The molecule has 30 heavy (non-hydrogen) atoms. The van der Waals surface area contributed by atoms with E-state index in [4.69, 9.17) is 0 Å². The second kappa shape index (κ2) is 6.98. The van der Waals surface area contributed by atoms with E-state index in [0.29, 0.717) is 34.8 Å². The van der Waals surface area contributed by atoms with Gasteiger partial charge in [0.2, 0.25) is 5.95 Å². The van der Waals surface area contributed by atoms with Crippen molar-refractivity contribution in [2.45, 2.75) is 38.0 Å². The van der Waals surface area contributed by atoms with E-state index < -0.39 is 17.8 Å². The summed E-state index contributed by atoms with van der Waals surface area (Å²) in [5, 5.41) is 0. The molecular formula is C20H20F4N6. The highest BCUT2D eigenvalue weighted by Crippen LogP contribution is 2.41. The highest BCUT2D eigenvalue weighted by molar-refractivity contribution is 5.77. The summed E-state index contributed by atoms with van der Waals surface area (Å²) in [6, 6.07) is 5.33. The van der Waals surface area contributed by atoms with Gasteiger partial charge in [0.05, 0.1) is 0 Å². The van der Waals surface area contributed by atoms with Gasteiger partial charge in [-0.15, -0.1) is 0 Å². The lowest BCUT2D eigenvalue weighted by molar-refractivity contribution is -0.141. The molecule has 0 spiro atoms. The zero-order valence-corrected chi connectivity index (χ0v) is 16.1. The zero-order valence-electron chi connectivity index (χ0n) is 16.1. The average molecular weight is 420 g/mol. The van der Waals surface area contributed by atoms with Crippen LogP contribution in [0.5, 0.6) is 0 Å². The van der Waals surface area contributed by atoms with Gasteiger partial charge in [0.1, 0.15) is 17.0 Å². The second-order valence-electron chi connectivity index (χ2n) is 8.12. The molecule has 3 aromatic rings. The minimum atomic E-state index is -4.56. The molecule has 10 heteroatoms. The molecule has 2 N–H and O–H groups in total. The van der Waals surface area contributed by atoms with Gasteiger partial charge in [0, 0.05) is 36.5 Å². The molecule has 2 fully saturated rings. The first-order valence-electron chi connectivity index (χ1n) is 9.88. The summed E-state index contributed by atoms with van der Waals surface area (Å²) in [6.45, 7) is 2.92. The summed E-state index contributed by atoms with van der Waals surface area (Å²) in [7, 11) is 0. The lowest BCUT2D eigenvalue weighted by Crippen LogP contribution is -2.42. The Hall–Kier alpha value is -2.59. The average Bonchev–Trinajstić information content (AvgIpc) is 3.31. The largest absolute Gasteiger partial charge is 0.433 e. The third-order valence-corrected chi connectivity index (χ3v) is 6.15. The SMILES string of the molecule is CC1CC(n2c(-c3ccnc(F)c3)nc3ccc(C(F)(F)F)nc32)CC2CNNC12. The molecule has 4 unspecified atom stereocenters. The van der Waals surface area contributed by atoms with E-state index in [1.165, 1.54) is 18.3 Å². The lowest BCUT2D eigenvalue weighted by atomic mass is 9.76. The van der Waals surface area contributed by atoms with Gasteiger partial charge in [0.15, 0.2) is 5.65 Å². The van der Waals surface area contributed by atoms with Crippen molar-refractivity contribution in [2.75, 3.05) is 6.54 Å². The molecule has 158 valence electrons. The Morgan fingerprint density at radius 3 is 2.73 bits per heavy atom. The van der Waals surface area contributed by atoms with Gasteiger partial charge in [-0.3, -0.25) is 10.9 Å². The van der Waals surface area contributed by atoms with E-state index in [1.54, 1.807) is 10.6 Å². The Morgan fingerprint density at radius 1 is 1.13 bits per heavy atom. The molecule has 0 amide bonds. The first-order valence-corrected chi connectivity index (χ1v) is 9.88. The van der Waals surface area contributed by atoms with Crippen molar-refractivity contribution in [1.82, 2.24) is 30.4 Å². The quantitative estimate of drug-likeness (QED) is 0.489. The number of halogens is 4. The zero-order chi connectivity index (χ0) is 21.0. The van der Waals surface area contributed by atoms with Crippen LogP contribution in [0.15, 0.2) is 30.5 Å². The summed E-state index contributed by atoms with van der Waals surface area (Å²) in [5.41, 5.74) is 6.51. The number of rotatable bonds is 2. The van der Waals surface area contributed by atoms with Crippen LogP contribution in [0.25, 0.3) is 22.6 Å². The Labute approximate surface area is 169 Å². The van der Waals surface area contributed by atoms with Crippen LogP contribution in [-0.2, 0) is 6.18 Å². The van der Waals surface area contributed by atoms with Crippen molar-refractivity contribution in [3.8, 4) is 11.4 Å². The van der Waals surface area contributed by atoms with Gasteiger partial charge in [-0.1, -0.05) is 6.92 Å². The molecule has 2 aliphatic rings. The van der Waals surface area contributed by atoms with Crippen LogP contribution in [0, 0.1) is 17.8 Å². The van der Waals surface area contributed by atoms with Gasteiger partial charge in [-0.05, 0) is 42.9 Å². The molecule has 1 aliphatic heterocycles. The molecule has 6 nitrogen and oxygen atoms in total. The van der Waals surface area contributed by atoms with Crippen LogP contribution < -0.4 is 10.9 Å². The standard InChI is InChI=1S/C20H20F4N6/c1-10-6-13(7-12-9-26-29-17(10)12)30-18(11-4-5-25-16(21)8-11)27-14-2-3-15(20(22,23)24)28-19(14)30/h2-5,8,10,12-13,17,26,29H,6-7,9H2,1H3. The number of hydrogen-bond donors (Lipinski definition) is 2. The predicted molar refractivity (Wildman–Crippen MR) is 102 cm³/mol. The predicted octanol–water partition coefficient (Wildman–Crippen LogP) is 3.71. The first kappa shape index (κ1) is 19.4. The topological polar surface area (TPSA) is 67.7 Å². The third kappa shape index (κ3) is 3.24. The number of hydrogen-bond acceptors (Lipinski definition) is 5. The molecule has 0 bridgehead atoms. The number of nitrogens with one attached hydrogen (secondary N) is 2. The fraction of sp³-hybridized carbons (Fsp3) is 0.450. The molecule has 3 aromatic heterocycles. The maximum absolute atomic E-state index is 13.8. The van der Waals surface area contributed by atoms with E-state index in [9.17, 15) is 17.6 Å². The molecule has 4 heterocycles. The van der Waals surface area contributed by atoms with Crippen molar-refractivity contribution in [3.63, 3.8) is 0 Å². The number of alkyl halides is 3. The molecular weight excluding hydrogens is 400 g/mol. The smallest absolute Gasteiger partial charge is 0.306 e. The molecule has 1 saturated carbocycles. The summed E-state index contributed by atoms with van der Waals surface area (Å²) >= 11 is 0. The number of imidazole rings is 1. The minimum Gasteiger partial charge on any atom is -0.306 e. The van der Waals surface area contributed by atoms with Gasteiger partial charge >= 0.3 is 6.18 Å². The van der Waals surface area contributed by atoms with Crippen LogP contribution in [0.3, 0.4) is 0 Å². The van der Waals surface area contributed by atoms with E-state index in [1.807, 2.05) is 0 Å². The Balaban J connectivity index is 1.69. The second-order valence-corrected chi connectivity index (χ2v) is 8.12. The Kier molecular flexibility index (Phi) is 4.51. The Morgan fingerprint density at radius 2 is 1.97 bits per heavy atom. The lowest BCUT2D eigenvalue weighted by Gasteiger charge is -2.37. The molecule has 0 aromatic carbocycles. The van der Waals surface area contributed by atoms with Crippen molar-refractivity contribution in [2.24, 2.45) is 11.8 Å². The van der Waals surface area contributed by atoms with Crippen molar-refractivity contribution in [3.05, 3.63) is 42.1 Å². The van der Waals surface area contributed by atoms with Crippen LogP contribution in [0.4, 0.5) is 17.6 Å². The number of fused-ring (bicyclic) bond motifs is 2. The van der Waals surface area contributed by atoms with Crippen molar-refractivity contribution in [1.29, 1.82) is 0 Å². The number of hydrazine groups is 1. The monoisotopic (exact) mass is 420 g/mol. The minimum absolute atomic E-state index is 0.102. The number of nitrogens with zero attached hydrogens (tertiary/aromatic N) is 4. The van der Waals surface area contributed by atoms with Crippen LogP contribution in [-0.4, -0.2) is 32.1 Å². The van der Waals surface area contributed by atoms with Crippen molar-refractivity contribution >= 4 is 11.2 Å². The maximum atomic E-state index is 13.8. The molecule has 0 radical (unpaired) electrons. The van der Waals surface area contributed by atoms with Gasteiger partial charge in [-0.2, -0.15) is 17.6 Å². The Bertz CT molecular complexity index is 1090. The van der Waals surface area contributed by atoms with Crippen LogP contribution in [0.2, 0.25) is 0 Å². The van der Waals surface area contributed by atoms with Gasteiger partial charge in [-0.25, -0.2) is 15.0 Å². The fourth-order valence-electron chi connectivity index (χ4n) is 4.84. The first-order chi connectivity index (χ1) is 14.3. The summed E-state index contributed by atoms with van der Waals surface area (Å²) < 4.78 is 55.6. The summed E-state index contributed by atoms with van der Waals surface area (Å²) in [4.78, 5) is 12.1. The summed E-state index contributed by atoms with van der Waals surface area (Å²) in [5.74, 6) is 0.377. The highest BCUT2D eigenvalue weighted by atomic mass is 19.4. The normalized spacial score (nSPS) is 26.8. The third-order valence-electron chi connectivity index (χ3n) is 6.15. The molecule has 5 rings (SSSR count). The van der Waals surface area contributed by atoms with E-state index in [0.717, 1.165) is 25.5 Å². The maximum Gasteiger partial charge on any atom is 0.433 e. The van der Waals surface area contributed by atoms with Crippen LogP contribution in [0.1, 0.15) is 31.5 Å². The summed E-state index contributed by atoms with van der Waals surface area (Å²) in [6.07, 6.45) is -1.72. The molecule has 1 saturated heterocycles. The van der Waals surface area contributed by atoms with Crippen LogP contribution >= 0.6 is 0 Å². The van der Waals surface area contributed by atoms with E-state index in [-0.39, 0.29) is 11.7 Å². The van der Waals surface area contributed by atoms with E-state index in [2.05, 4.69) is 32.7 Å². The van der Waals surface area contributed by atoms with Gasteiger partial charge < -0.3 is 4.57 Å². The van der Waals surface area contributed by atoms with E-state index >= 15 is 0 Å². The molecule has 4 atom stereocenters. The highest BCUT2D eigenvalue weighted by Gasteiger charge is 2.41. The fourth-order valence-corrected chi connectivity index (χ4v) is 4.84. The van der Waals surface area contributed by atoms with Crippen molar-refractivity contribution < 1.29 is 17.6 Å².